The summed E-state index contributed by atoms with van der Waals surface area (Å²) in [7, 11) is 0. The van der Waals surface area contributed by atoms with Crippen molar-refractivity contribution in [1.29, 1.82) is 0 Å². The molecule has 1 aromatic rings. The monoisotopic (exact) mass is 277 g/mol. The van der Waals surface area contributed by atoms with Crippen molar-refractivity contribution in [1.82, 2.24) is 10.2 Å². The number of amides is 2. The van der Waals surface area contributed by atoms with Gasteiger partial charge in [-0.05, 0) is 12.5 Å². The van der Waals surface area contributed by atoms with Crippen LogP contribution in [-0.2, 0) is 16.1 Å². The van der Waals surface area contributed by atoms with E-state index in [0.717, 1.165) is 5.56 Å². The number of non-ortho nitro benzene ring substituents is 1. The number of hydrogen-bond acceptors (Lipinski definition) is 5. The normalized spacial score (nSPS) is 18.6. The van der Waals surface area contributed by atoms with E-state index in [2.05, 4.69) is 5.32 Å². The average Bonchev–Trinajstić information content (AvgIpc) is 2.71. The SMILES string of the molecule is CCN1C(=O)CC(NCc2ccc([N+](=O)[O-])cc2)C1=O. The van der Waals surface area contributed by atoms with Crippen molar-refractivity contribution < 1.29 is 14.5 Å². The first kappa shape index (κ1) is 14.1. The van der Waals surface area contributed by atoms with Crippen LogP contribution in [0.4, 0.5) is 5.69 Å². The highest BCUT2D eigenvalue weighted by atomic mass is 16.6. The quantitative estimate of drug-likeness (QED) is 0.489. The molecule has 7 nitrogen and oxygen atoms in total. The van der Waals surface area contributed by atoms with E-state index in [0.29, 0.717) is 13.1 Å². The van der Waals surface area contributed by atoms with Crippen molar-refractivity contribution in [3.63, 3.8) is 0 Å². The van der Waals surface area contributed by atoms with Gasteiger partial charge in [-0.3, -0.25) is 24.6 Å². The molecule has 2 rings (SSSR count). The van der Waals surface area contributed by atoms with Gasteiger partial charge >= 0.3 is 0 Å². The smallest absolute Gasteiger partial charge is 0.269 e. The van der Waals surface area contributed by atoms with Gasteiger partial charge in [-0.15, -0.1) is 0 Å². The number of likely N-dealkylation sites (tertiary alicyclic amines) is 1. The Bertz CT molecular complexity index is 541. The minimum absolute atomic E-state index is 0.0260. The van der Waals surface area contributed by atoms with E-state index in [9.17, 15) is 19.7 Å². The molecule has 0 bridgehead atoms. The van der Waals surface area contributed by atoms with E-state index in [1.807, 2.05) is 0 Å². The summed E-state index contributed by atoms with van der Waals surface area (Å²) >= 11 is 0. The second-order valence-corrected chi connectivity index (χ2v) is 4.54. The predicted octanol–water partition coefficient (Wildman–Crippen LogP) is 0.832. The van der Waals surface area contributed by atoms with Crippen LogP contribution in [-0.4, -0.2) is 34.2 Å². The van der Waals surface area contributed by atoms with Gasteiger partial charge in [0.15, 0.2) is 0 Å². The van der Waals surface area contributed by atoms with Crippen LogP contribution in [0.5, 0.6) is 0 Å². The van der Waals surface area contributed by atoms with Gasteiger partial charge in [-0.1, -0.05) is 12.1 Å². The van der Waals surface area contributed by atoms with E-state index in [-0.39, 0.29) is 23.9 Å². The lowest BCUT2D eigenvalue weighted by Gasteiger charge is -2.13. The number of nitro benzene ring substituents is 1. The molecule has 2 amide bonds. The zero-order chi connectivity index (χ0) is 14.7. The Morgan fingerprint density at radius 2 is 2.00 bits per heavy atom. The Balaban J connectivity index is 1.94. The number of carbonyl (C=O) groups excluding carboxylic acids is 2. The molecule has 1 aromatic carbocycles. The zero-order valence-corrected chi connectivity index (χ0v) is 11.0. The van der Waals surface area contributed by atoms with Gasteiger partial charge in [0.05, 0.1) is 17.4 Å². The average molecular weight is 277 g/mol. The number of nitrogens with zero attached hydrogens (tertiary/aromatic N) is 2. The number of hydrogen-bond donors (Lipinski definition) is 1. The molecule has 0 aliphatic carbocycles. The topological polar surface area (TPSA) is 92.6 Å². The molecule has 0 saturated carbocycles. The molecule has 20 heavy (non-hydrogen) atoms. The highest BCUT2D eigenvalue weighted by molar-refractivity contribution is 6.05. The van der Waals surface area contributed by atoms with Crippen LogP contribution in [0.2, 0.25) is 0 Å². The summed E-state index contributed by atoms with van der Waals surface area (Å²) in [4.78, 5) is 34.7. The Morgan fingerprint density at radius 1 is 1.35 bits per heavy atom. The summed E-state index contributed by atoms with van der Waals surface area (Å²) < 4.78 is 0. The lowest BCUT2D eigenvalue weighted by atomic mass is 10.2. The van der Waals surface area contributed by atoms with E-state index >= 15 is 0 Å². The molecule has 1 N–H and O–H groups in total. The fourth-order valence-corrected chi connectivity index (χ4v) is 2.15. The lowest BCUT2D eigenvalue weighted by Crippen LogP contribution is -2.38. The van der Waals surface area contributed by atoms with Crippen LogP contribution in [0, 0.1) is 10.1 Å². The Kier molecular flexibility index (Phi) is 4.09. The molecule has 106 valence electrons. The summed E-state index contributed by atoms with van der Waals surface area (Å²) in [5.74, 6) is -0.377. The van der Waals surface area contributed by atoms with Gasteiger partial charge in [0.2, 0.25) is 11.8 Å². The second-order valence-electron chi connectivity index (χ2n) is 4.54. The highest BCUT2D eigenvalue weighted by Crippen LogP contribution is 2.15. The number of rotatable bonds is 5. The van der Waals surface area contributed by atoms with Crippen molar-refractivity contribution in [2.24, 2.45) is 0 Å². The summed E-state index contributed by atoms with van der Waals surface area (Å²) in [5.41, 5.74) is 0.851. The highest BCUT2D eigenvalue weighted by Gasteiger charge is 2.36. The first-order chi connectivity index (χ1) is 9.52. The molecule has 1 saturated heterocycles. The van der Waals surface area contributed by atoms with E-state index in [1.54, 1.807) is 19.1 Å². The first-order valence-corrected chi connectivity index (χ1v) is 6.34. The Morgan fingerprint density at radius 3 is 2.50 bits per heavy atom. The lowest BCUT2D eigenvalue weighted by molar-refractivity contribution is -0.384. The van der Waals surface area contributed by atoms with E-state index < -0.39 is 11.0 Å². The van der Waals surface area contributed by atoms with Gasteiger partial charge < -0.3 is 5.32 Å². The molecule has 1 aliphatic heterocycles. The third-order valence-corrected chi connectivity index (χ3v) is 3.26. The number of nitrogens with one attached hydrogen (secondary N) is 1. The molecule has 0 radical (unpaired) electrons. The molecule has 1 aliphatic rings. The predicted molar refractivity (Wildman–Crippen MR) is 70.7 cm³/mol. The summed E-state index contributed by atoms with van der Waals surface area (Å²) in [5, 5.41) is 13.5. The Labute approximate surface area is 115 Å². The fourth-order valence-electron chi connectivity index (χ4n) is 2.15. The number of nitro groups is 1. The maximum Gasteiger partial charge on any atom is 0.269 e. The molecule has 1 fully saturated rings. The number of likely N-dealkylation sites (N-methyl/N-ethyl adjacent to an activating group) is 1. The maximum absolute atomic E-state index is 11.9. The second kappa shape index (κ2) is 5.79. The third-order valence-electron chi connectivity index (χ3n) is 3.26. The van der Waals surface area contributed by atoms with Crippen molar-refractivity contribution in [2.45, 2.75) is 25.9 Å². The van der Waals surface area contributed by atoms with Crippen LogP contribution in [0.25, 0.3) is 0 Å². The largest absolute Gasteiger partial charge is 0.301 e. The fraction of sp³-hybridized carbons (Fsp3) is 0.385. The van der Waals surface area contributed by atoms with E-state index in [4.69, 9.17) is 0 Å². The van der Waals surface area contributed by atoms with Crippen LogP contribution in [0.15, 0.2) is 24.3 Å². The van der Waals surface area contributed by atoms with E-state index in [1.165, 1.54) is 17.0 Å². The molecule has 7 heteroatoms. The summed E-state index contributed by atoms with van der Waals surface area (Å²) in [6.07, 6.45) is 0.166. The van der Waals surface area contributed by atoms with Crippen molar-refractivity contribution in [3.05, 3.63) is 39.9 Å². The van der Waals surface area contributed by atoms with Crippen LogP contribution in [0.3, 0.4) is 0 Å². The van der Waals surface area contributed by atoms with Gasteiger partial charge in [0.25, 0.3) is 5.69 Å². The van der Waals surface area contributed by atoms with Crippen LogP contribution < -0.4 is 5.32 Å². The molecule has 1 heterocycles. The van der Waals surface area contributed by atoms with Gasteiger partial charge in [0, 0.05) is 25.2 Å². The van der Waals surface area contributed by atoms with Gasteiger partial charge in [-0.25, -0.2) is 0 Å². The summed E-state index contributed by atoms with van der Waals surface area (Å²) in [6, 6.07) is 5.58. The van der Waals surface area contributed by atoms with Crippen molar-refractivity contribution in [2.75, 3.05) is 6.54 Å². The van der Waals surface area contributed by atoms with Gasteiger partial charge in [0.1, 0.15) is 0 Å². The number of imide groups is 1. The molecule has 1 unspecified atom stereocenters. The third kappa shape index (κ3) is 2.83. The maximum atomic E-state index is 11.9. The molecule has 0 aromatic heterocycles. The van der Waals surface area contributed by atoms with Crippen LogP contribution in [0.1, 0.15) is 18.9 Å². The molecular formula is C13H15N3O4. The minimum atomic E-state index is -0.502. The minimum Gasteiger partial charge on any atom is -0.301 e. The zero-order valence-electron chi connectivity index (χ0n) is 11.0. The van der Waals surface area contributed by atoms with Crippen LogP contribution >= 0.6 is 0 Å². The van der Waals surface area contributed by atoms with Gasteiger partial charge in [-0.2, -0.15) is 0 Å². The molecule has 0 spiro atoms. The molecule has 1 atom stereocenters. The Hall–Kier alpha value is -2.28. The number of carbonyl (C=O) groups is 2. The first-order valence-electron chi connectivity index (χ1n) is 6.34. The summed E-state index contributed by atoms with van der Waals surface area (Å²) in [6.45, 7) is 2.53. The standard InChI is InChI=1S/C13H15N3O4/c1-2-15-12(17)7-11(13(15)18)14-8-9-3-5-10(6-4-9)16(19)20/h3-6,11,14H,2,7-8H2,1H3. The molecular weight excluding hydrogens is 262 g/mol. The number of benzene rings is 1. The van der Waals surface area contributed by atoms with Crippen molar-refractivity contribution in [3.8, 4) is 0 Å². The van der Waals surface area contributed by atoms with Crippen molar-refractivity contribution >= 4 is 17.5 Å².